The molecule has 1 heterocycles. The number of ketones is 1. The Balaban J connectivity index is 2.22. The van der Waals surface area contributed by atoms with E-state index in [1.165, 1.54) is 11.3 Å². The summed E-state index contributed by atoms with van der Waals surface area (Å²) in [6.07, 6.45) is 0.347. The molecule has 0 atom stereocenters. The molecule has 2 N–H and O–H groups in total. The molecule has 0 fully saturated rings. The molecule has 0 unspecified atom stereocenters. The summed E-state index contributed by atoms with van der Waals surface area (Å²) in [6.45, 7) is 0. The van der Waals surface area contributed by atoms with Gasteiger partial charge in [-0.1, -0.05) is 27.5 Å². The predicted molar refractivity (Wildman–Crippen MR) is 75.9 cm³/mol. The molecule has 1 aromatic heterocycles. The third-order valence-corrected chi connectivity index (χ3v) is 4.18. The first-order valence-electron chi connectivity index (χ1n) is 4.88. The standard InChI is InChI=1S/C12H9BrClNOS/c13-10-3-1-7(15)5-9(10)11(16)6-8-2-4-12(14)17-8/h1-5H,6,15H2. The number of Topliss-reactive ketones (excluding diaryl/α,β-unsaturated/α-hetero) is 1. The van der Waals surface area contributed by atoms with Crippen LogP contribution in [0.5, 0.6) is 0 Å². The molecule has 0 spiro atoms. The smallest absolute Gasteiger partial charge is 0.169 e. The van der Waals surface area contributed by atoms with E-state index in [4.69, 9.17) is 17.3 Å². The topological polar surface area (TPSA) is 43.1 Å². The molecule has 0 saturated heterocycles. The van der Waals surface area contributed by atoms with E-state index in [1.54, 1.807) is 24.3 Å². The average molecular weight is 331 g/mol. The summed E-state index contributed by atoms with van der Waals surface area (Å²) in [5.41, 5.74) is 6.86. The number of carbonyl (C=O) groups excluding carboxylic acids is 1. The number of rotatable bonds is 3. The van der Waals surface area contributed by atoms with Crippen molar-refractivity contribution < 1.29 is 4.79 Å². The minimum absolute atomic E-state index is 0.0303. The second-order valence-electron chi connectivity index (χ2n) is 3.55. The molecule has 5 heteroatoms. The molecule has 0 amide bonds. The van der Waals surface area contributed by atoms with Gasteiger partial charge in [0.2, 0.25) is 0 Å². The molecule has 2 aromatic rings. The molecular formula is C12H9BrClNOS. The summed E-state index contributed by atoms with van der Waals surface area (Å²) in [4.78, 5) is 13.0. The highest BCUT2D eigenvalue weighted by molar-refractivity contribution is 9.10. The van der Waals surface area contributed by atoms with Crippen LogP contribution in [0.15, 0.2) is 34.8 Å². The van der Waals surface area contributed by atoms with Crippen LogP contribution in [0, 0.1) is 0 Å². The second-order valence-corrected chi connectivity index (χ2v) is 6.20. The molecule has 1 aromatic carbocycles. The monoisotopic (exact) mass is 329 g/mol. The molecule has 0 saturated carbocycles. The van der Waals surface area contributed by atoms with Gasteiger partial charge < -0.3 is 5.73 Å². The van der Waals surface area contributed by atoms with Crippen molar-refractivity contribution in [1.29, 1.82) is 0 Å². The Hall–Kier alpha value is -0.840. The lowest BCUT2D eigenvalue weighted by molar-refractivity contribution is 0.0993. The van der Waals surface area contributed by atoms with Crippen molar-refractivity contribution in [3.63, 3.8) is 0 Å². The first-order chi connectivity index (χ1) is 8.06. The van der Waals surface area contributed by atoms with Gasteiger partial charge in [0.1, 0.15) is 0 Å². The number of nitrogen functional groups attached to an aromatic ring is 1. The van der Waals surface area contributed by atoms with Gasteiger partial charge in [0.25, 0.3) is 0 Å². The van der Waals surface area contributed by atoms with Crippen molar-refractivity contribution in [2.24, 2.45) is 0 Å². The summed E-state index contributed by atoms with van der Waals surface area (Å²) < 4.78 is 1.46. The maximum atomic E-state index is 12.1. The third-order valence-electron chi connectivity index (χ3n) is 2.25. The molecule has 2 rings (SSSR count). The summed E-state index contributed by atoms with van der Waals surface area (Å²) >= 11 is 10.6. The van der Waals surface area contributed by atoms with Crippen LogP contribution in [-0.4, -0.2) is 5.78 Å². The average Bonchev–Trinajstić information content (AvgIpc) is 2.67. The number of halogens is 2. The van der Waals surface area contributed by atoms with E-state index in [1.807, 2.05) is 6.07 Å². The summed E-state index contributed by atoms with van der Waals surface area (Å²) in [5, 5.41) is 0. The van der Waals surface area contributed by atoms with E-state index < -0.39 is 0 Å². The van der Waals surface area contributed by atoms with Crippen LogP contribution in [0.4, 0.5) is 5.69 Å². The number of hydrogen-bond acceptors (Lipinski definition) is 3. The largest absolute Gasteiger partial charge is 0.399 e. The zero-order valence-electron chi connectivity index (χ0n) is 8.74. The minimum atomic E-state index is 0.0303. The van der Waals surface area contributed by atoms with E-state index in [-0.39, 0.29) is 5.78 Å². The van der Waals surface area contributed by atoms with Gasteiger partial charge in [0.15, 0.2) is 5.78 Å². The second kappa shape index (κ2) is 5.21. The first-order valence-corrected chi connectivity index (χ1v) is 6.87. The highest BCUT2D eigenvalue weighted by atomic mass is 79.9. The molecular weight excluding hydrogens is 322 g/mol. The third kappa shape index (κ3) is 3.09. The lowest BCUT2D eigenvalue weighted by atomic mass is 10.1. The molecule has 0 aliphatic heterocycles. The van der Waals surface area contributed by atoms with Crippen LogP contribution in [0.3, 0.4) is 0 Å². The SMILES string of the molecule is Nc1ccc(Br)c(C(=O)Cc2ccc(Cl)s2)c1. The van der Waals surface area contributed by atoms with Crippen molar-refractivity contribution in [1.82, 2.24) is 0 Å². The van der Waals surface area contributed by atoms with Crippen LogP contribution < -0.4 is 5.73 Å². The maximum absolute atomic E-state index is 12.1. The van der Waals surface area contributed by atoms with Crippen LogP contribution in [0.2, 0.25) is 4.34 Å². The van der Waals surface area contributed by atoms with Gasteiger partial charge in [-0.3, -0.25) is 4.79 Å². The van der Waals surface area contributed by atoms with Crippen molar-refractivity contribution >= 4 is 50.3 Å². The summed E-state index contributed by atoms with van der Waals surface area (Å²) in [5.74, 6) is 0.0303. The number of nitrogens with two attached hydrogens (primary N) is 1. The van der Waals surface area contributed by atoms with Gasteiger partial charge in [-0.2, -0.15) is 0 Å². The van der Waals surface area contributed by atoms with Gasteiger partial charge in [-0.25, -0.2) is 0 Å². The van der Waals surface area contributed by atoms with Crippen molar-refractivity contribution in [2.45, 2.75) is 6.42 Å². The number of benzene rings is 1. The summed E-state index contributed by atoms with van der Waals surface area (Å²) in [6, 6.07) is 8.88. The summed E-state index contributed by atoms with van der Waals surface area (Å²) in [7, 11) is 0. The molecule has 88 valence electrons. The van der Waals surface area contributed by atoms with Gasteiger partial charge >= 0.3 is 0 Å². The molecule has 0 radical (unpaired) electrons. The molecule has 0 aliphatic carbocycles. The number of hydrogen-bond donors (Lipinski definition) is 1. The Morgan fingerprint density at radius 1 is 1.35 bits per heavy atom. The van der Waals surface area contributed by atoms with Crippen molar-refractivity contribution in [3.8, 4) is 0 Å². The zero-order valence-corrected chi connectivity index (χ0v) is 11.9. The molecule has 2 nitrogen and oxygen atoms in total. The van der Waals surface area contributed by atoms with Crippen molar-refractivity contribution in [2.75, 3.05) is 5.73 Å². The van der Waals surface area contributed by atoms with Crippen molar-refractivity contribution in [3.05, 3.63) is 49.6 Å². The number of carbonyl (C=O) groups is 1. The molecule has 0 aliphatic rings. The van der Waals surface area contributed by atoms with Gasteiger partial charge in [0.05, 0.1) is 4.34 Å². The maximum Gasteiger partial charge on any atom is 0.169 e. The van der Waals surface area contributed by atoms with Gasteiger partial charge in [-0.15, -0.1) is 11.3 Å². The minimum Gasteiger partial charge on any atom is -0.399 e. The fourth-order valence-electron chi connectivity index (χ4n) is 1.46. The van der Waals surface area contributed by atoms with Crippen LogP contribution in [-0.2, 0) is 6.42 Å². The lowest BCUT2D eigenvalue weighted by Crippen LogP contribution is -2.04. The normalized spacial score (nSPS) is 10.5. The zero-order chi connectivity index (χ0) is 12.4. The highest BCUT2D eigenvalue weighted by Crippen LogP contribution is 2.25. The van der Waals surface area contributed by atoms with Crippen LogP contribution >= 0.6 is 38.9 Å². The fourth-order valence-corrected chi connectivity index (χ4v) is 3.01. The lowest BCUT2D eigenvalue weighted by Gasteiger charge is -2.03. The molecule has 0 bridgehead atoms. The Bertz CT molecular complexity index is 567. The van der Waals surface area contributed by atoms with E-state index in [2.05, 4.69) is 15.9 Å². The first kappa shape index (κ1) is 12.6. The Morgan fingerprint density at radius 3 is 2.76 bits per heavy atom. The Kier molecular flexibility index (Phi) is 3.86. The van der Waals surface area contributed by atoms with Crippen LogP contribution in [0.1, 0.15) is 15.2 Å². The number of anilines is 1. The molecule has 17 heavy (non-hydrogen) atoms. The number of thiophene rings is 1. The van der Waals surface area contributed by atoms with E-state index in [0.29, 0.717) is 22.0 Å². The van der Waals surface area contributed by atoms with Gasteiger partial charge in [-0.05, 0) is 30.3 Å². The van der Waals surface area contributed by atoms with E-state index >= 15 is 0 Å². The Morgan fingerprint density at radius 2 is 2.12 bits per heavy atom. The quantitative estimate of drug-likeness (QED) is 0.678. The van der Waals surface area contributed by atoms with Crippen LogP contribution in [0.25, 0.3) is 0 Å². The highest BCUT2D eigenvalue weighted by Gasteiger charge is 2.12. The fraction of sp³-hybridized carbons (Fsp3) is 0.0833. The van der Waals surface area contributed by atoms with E-state index in [0.717, 1.165) is 9.35 Å². The van der Waals surface area contributed by atoms with Gasteiger partial charge in [0, 0.05) is 27.0 Å². The van der Waals surface area contributed by atoms with E-state index in [9.17, 15) is 4.79 Å². The predicted octanol–water partition coefficient (Wildman–Crippen LogP) is 4.17. The Labute approximate surface area is 117 Å².